The molecule has 0 unspecified atom stereocenters. The zero-order chi connectivity index (χ0) is 19.7. The van der Waals surface area contributed by atoms with Gasteiger partial charge in [0.2, 0.25) is 0 Å². The molecule has 8 heteroatoms. The summed E-state index contributed by atoms with van der Waals surface area (Å²) in [6.07, 6.45) is 4.73. The molecule has 2 aromatic heterocycles. The fourth-order valence-corrected chi connectivity index (χ4v) is 4.63. The molecule has 4 rings (SSSR count). The van der Waals surface area contributed by atoms with Gasteiger partial charge in [-0.15, -0.1) is 11.3 Å². The Labute approximate surface area is 175 Å². The van der Waals surface area contributed by atoms with Crippen LogP contribution in [0.5, 0.6) is 0 Å². The third kappa shape index (κ3) is 3.68. The first-order valence-corrected chi connectivity index (χ1v) is 10.3. The van der Waals surface area contributed by atoms with Crippen LogP contribution in [-0.4, -0.2) is 39.1 Å². The predicted molar refractivity (Wildman–Crippen MR) is 110 cm³/mol. The third-order valence-electron chi connectivity index (χ3n) is 4.63. The lowest BCUT2D eigenvalue weighted by molar-refractivity contribution is 0.0675. The Bertz CT molecular complexity index is 1020. The monoisotopic (exact) mass is 431 g/mol. The summed E-state index contributed by atoms with van der Waals surface area (Å²) in [5.41, 5.74) is 1.34. The number of aromatic nitrogens is 2. The SMILES string of the molecule is O=C(c1ccc(Cl)cc1)[C@@H]1CCCN1C(=O)c1sc(-c2cccnc2)nc1Cl. The average Bonchev–Trinajstić information content (AvgIpc) is 3.35. The van der Waals surface area contributed by atoms with Crippen molar-refractivity contribution >= 4 is 46.2 Å². The number of thiazole rings is 1. The van der Waals surface area contributed by atoms with Gasteiger partial charge in [-0.3, -0.25) is 14.6 Å². The van der Waals surface area contributed by atoms with Crippen molar-refractivity contribution in [3.63, 3.8) is 0 Å². The van der Waals surface area contributed by atoms with Crippen molar-refractivity contribution in [2.24, 2.45) is 0 Å². The highest BCUT2D eigenvalue weighted by Gasteiger charge is 2.36. The van der Waals surface area contributed by atoms with E-state index in [1.54, 1.807) is 47.6 Å². The molecule has 0 aliphatic carbocycles. The summed E-state index contributed by atoms with van der Waals surface area (Å²) < 4.78 is 0. The maximum Gasteiger partial charge on any atom is 0.267 e. The third-order valence-corrected chi connectivity index (χ3v) is 6.36. The number of ketones is 1. The van der Waals surface area contributed by atoms with Gasteiger partial charge < -0.3 is 4.90 Å². The van der Waals surface area contributed by atoms with Gasteiger partial charge in [-0.25, -0.2) is 4.98 Å². The maximum absolute atomic E-state index is 13.1. The Kier molecular flexibility index (Phi) is 5.44. The van der Waals surface area contributed by atoms with Crippen LogP contribution >= 0.6 is 34.5 Å². The number of rotatable bonds is 4. The summed E-state index contributed by atoms with van der Waals surface area (Å²) in [6.45, 7) is 0.513. The molecule has 0 radical (unpaired) electrons. The van der Waals surface area contributed by atoms with E-state index in [9.17, 15) is 9.59 Å². The number of carbonyl (C=O) groups excluding carboxylic acids is 2. The molecule has 28 heavy (non-hydrogen) atoms. The molecular formula is C20H15Cl2N3O2S. The van der Waals surface area contributed by atoms with Gasteiger partial charge in [-0.2, -0.15) is 0 Å². The Balaban J connectivity index is 1.60. The van der Waals surface area contributed by atoms with Gasteiger partial charge in [-0.1, -0.05) is 23.2 Å². The second-order valence-corrected chi connectivity index (χ2v) is 8.20. The van der Waals surface area contributed by atoms with E-state index in [0.29, 0.717) is 33.4 Å². The molecule has 0 N–H and O–H groups in total. The number of hydrogen-bond acceptors (Lipinski definition) is 5. The van der Waals surface area contributed by atoms with Crippen molar-refractivity contribution in [3.05, 3.63) is 69.4 Å². The first-order valence-electron chi connectivity index (χ1n) is 8.72. The van der Waals surface area contributed by atoms with Crippen molar-refractivity contribution < 1.29 is 9.59 Å². The molecule has 0 bridgehead atoms. The summed E-state index contributed by atoms with van der Waals surface area (Å²) in [5, 5.41) is 1.34. The van der Waals surface area contributed by atoms with Crippen molar-refractivity contribution in [3.8, 4) is 10.6 Å². The minimum Gasteiger partial charge on any atom is -0.327 e. The van der Waals surface area contributed by atoms with Crippen LogP contribution in [0.25, 0.3) is 10.6 Å². The number of pyridine rings is 1. The smallest absolute Gasteiger partial charge is 0.267 e. The van der Waals surface area contributed by atoms with E-state index < -0.39 is 6.04 Å². The van der Waals surface area contributed by atoms with Gasteiger partial charge in [0.1, 0.15) is 9.88 Å². The molecule has 1 amide bonds. The molecule has 1 aliphatic heterocycles. The van der Waals surface area contributed by atoms with Gasteiger partial charge in [-0.05, 0) is 49.2 Å². The summed E-state index contributed by atoms with van der Waals surface area (Å²) in [6, 6.07) is 9.88. The molecule has 0 spiro atoms. The molecule has 0 saturated carbocycles. The van der Waals surface area contributed by atoms with Crippen LogP contribution in [0, 0.1) is 0 Å². The van der Waals surface area contributed by atoms with Crippen LogP contribution in [0.15, 0.2) is 48.8 Å². The average molecular weight is 432 g/mol. The van der Waals surface area contributed by atoms with Gasteiger partial charge >= 0.3 is 0 Å². The first kappa shape index (κ1) is 19.1. The summed E-state index contributed by atoms with van der Waals surface area (Å²) in [5.74, 6) is -0.349. The Morgan fingerprint density at radius 1 is 1.14 bits per heavy atom. The second-order valence-electron chi connectivity index (χ2n) is 6.41. The van der Waals surface area contributed by atoms with Crippen LogP contribution in [-0.2, 0) is 0 Å². The number of likely N-dealkylation sites (tertiary alicyclic amines) is 1. The van der Waals surface area contributed by atoms with Crippen LogP contribution in [0.1, 0.15) is 32.9 Å². The lowest BCUT2D eigenvalue weighted by Gasteiger charge is -2.23. The molecule has 1 aliphatic rings. The molecule has 142 valence electrons. The lowest BCUT2D eigenvalue weighted by Crippen LogP contribution is -2.40. The predicted octanol–water partition coefficient (Wildman–Crippen LogP) is 5.00. The van der Waals surface area contributed by atoms with E-state index in [1.165, 1.54) is 11.3 Å². The number of Topliss-reactive ketones (excluding diaryl/α,β-unsaturated/α-hetero) is 1. The van der Waals surface area contributed by atoms with Crippen LogP contribution in [0.3, 0.4) is 0 Å². The topological polar surface area (TPSA) is 63.2 Å². The van der Waals surface area contributed by atoms with Crippen molar-refractivity contribution in [1.82, 2.24) is 14.9 Å². The number of hydrogen-bond donors (Lipinski definition) is 0. The molecular weight excluding hydrogens is 417 g/mol. The largest absolute Gasteiger partial charge is 0.327 e. The number of carbonyl (C=O) groups is 2. The van der Waals surface area contributed by atoms with E-state index >= 15 is 0 Å². The number of nitrogens with zero attached hydrogens (tertiary/aromatic N) is 3. The Morgan fingerprint density at radius 2 is 1.93 bits per heavy atom. The molecule has 1 saturated heterocycles. The van der Waals surface area contributed by atoms with Crippen LogP contribution in [0.2, 0.25) is 10.2 Å². The van der Waals surface area contributed by atoms with E-state index in [2.05, 4.69) is 9.97 Å². The number of amides is 1. The first-order chi connectivity index (χ1) is 13.5. The number of benzene rings is 1. The van der Waals surface area contributed by atoms with Crippen LogP contribution in [0.4, 0.5) is 0 Å². The fourth-order valence-electron chi connectivity index (χ4n) is 3.27. The van der Waals surface area contributed by atoms with Crippen LogP contribution < -0.4 is 0 Å². The van der Waals surface area contributed by atoms with E-state index in [-0.39, 0.29) is 16.8 Å². The second kappa shape index (κ2) is 7.99. The zero-order valence-corrected chi connectivity index (χ0v) is 17.0. The normalized spacial score (nSPS) is 16.4. The molecule has 3 heterocycles. The van der Waals surface area contributed by atoms with Gasteiger partial charge in [0.05, 0.1) is 6.04 Å². The zero-order valence-electron chi connectivity index (χ0n) is 14.6. The van der Waals surface area contributed by atoms with Gasteiger partial charge in [0.15, 0.2) is 10.9 Å². The lowest BCUT2D eigenvalue weighted by atomic mass is 10.0. The highest BCUT2D eigenvalue weighted by molar-refractivity contribution is 7.17. The molecule has 1 aromatic carbocycles. The van der Waals surface area contributed by atoms with Gasteiger partial charge in [0.25, 0.3) is 5.91 Å². The molecule has 1 fully saturated rings. The minimum atomic E-state index is -0.506. The van der Waals surface area contributed by atoms with Crippen molar-refractivity contribution in [1.29, 1.82) is 0 Å². The summed E-state index contributed by atoms with van der Waals surface area (Å²) >= 11 is 13.4. The fraction of sp³-hybridized carbons (Fsp3) is 0.200. The minimum absolute atomic E-state index is 0.0874. The summed E-state index contributed by atoms with van der Waals surface area (Å²) in [4.78, 5) is 36.4. The van der Waals surface area contributed by atoms with Crippen molar-refractivity contribution in [2.45, 2.75) is 18.9 Å². The molecule has 3 aromatic rings. The molecule has 1 atom stereocenters. The van der Waals surface area contributed by atoms with Gasteiger partial charge in [0, 0.05) is 35.1 Å². The maximum atomic E-state index is 13.1. The standard InChI is InChI=1S/C20H15Cl2N3O2S/c21-14-7-5-12(6-8-14)16(26)15-4-2-10-25(15)20(27)17-18(22)24-19(28-17)13-3-1-9-23-11-13/h1,3,5-9,11,15H,2,4,10H2/t15-/m0/s1. The highest BCUT2D eigenvalue weighted by Crippen LogP contribution is 2.33. The highest BCUT2D eigenvalue weighted by atomic mass is 35.5. The van der Waals surface area contributed by atoms with E-state index in [1.807, 2.05) is 6.07 Å². The Hall–Kier alpha value is -2.28. The Morgan fingerprint density at radius 3 is 2.64 bits per heavy atom. The van der Waals surface area contributed by atoms with E-state index in [0.717, 1.165) is 12.0 Å². The quantitative estimate of drug-likeness (QED) is 0.545. The van der Waals surface area contributed by atoms with Crippen molar-refractivity contribution in [2.75, 3.05) is 6.54 Å². The molecule has 5 nitrogen and oxygen atoms in total. The number of halogens is 2. The summed E-state index contributed by atoms with van der Waals surface area (Å²) in [7, 11) is 0. The van der Waals surface area contributed by atoms with E-state index in [4.69, 9.17) is 23.2 Å².